The van der Waals surface area contributed by atoms with E-state index in [1.54, 1.807) is 43.9 Å². The van der Waals surface area contributed by atoms with Crippen LogP contribution >= 0.6 is 0 Å². The van der Waals surface area contributed by atoms with Crippen LogP contribution in [0.1, 0.15) is 10.4 Å². The van der Waals surface area contributed by atoms with Crippen molar-refractivity contribution >= 4 is 23.4 Å². The first kappa shape index (κ1) is 18.7. The van der Waals surface area contributed by atoms with Gasteiger partial charge in [-0.3, -0.25) is 4.79 Å². The summed E-state index contributed by atoms with van der Waals surface area (Å²) in [5.74, 6) is 1.54. The van der Waals surface area contributed by atoms with E-state index in [0.717, 1.165) is 37.8 Å². The second-order valence-corrected chi connectivity index (χ2v) is 6.58. The number of hydrogen-bond acceptors (Lipinski definition) is 7. The quantitative estimate of drug-likeness (QED) is 0.716. The standard InChI is InChI=1S/C21H22N6O2/c1-29-18-6-3-2-5-17(18)20(28)25-19-8-7-16(15-24-19)26-11-13-27(14-12-26)21-22-9-4-10-23-21/h2-10,15H,11-14H2,1H3,(H,24,25,28). The molecule has 2 aromatic heterocycles. The molecular formula is C21H22N6O2. The van der Waals surface area contributed by atoms with Gasteiger partial charge in [0.25, 0.3) is 5.91 Å². The van der Waals surface area contributed by atoms with E-state index < -0.39 is 0 Å². The zero-order valence-corrected chi connectivity index (χ0v) is 16.2. The van der Waals surface area contributed by atoms with E-state index >= 15 is 0 Å². The maximum atomic E-state index is 12.5. The SMILES string of the molecule is COc1ccccc1C(=O)Nc1ccc(N2CCN(c3ncccn3)CC2)cn1. The van der Waals surface area contributed by atoms with Crippen molar-refractivity contribution in [2.45, 2.75) is 0 Å². The lowest BCUT2D eigenvalue weighted by molar-refractivity contribution is 0.102. The van der Waals surface area contributed by atoms with Gasteiger partial charge < -0.3 is 19.9 Å². The summed E-state index contributed by atoms with van der Waals surface area (Å²) in [6.07, 6.45) is 5.31. The molecule has 4 rings (SSSR count). The predicted molar refractivity (Wildman–Crippen MR) is 112 cm³/mol. The Morgan fingerprint density at radius 3 is 2.34 bits per heavy atom. The summed E-state index contributed by atoms with van der Waals surface area (Å²) in [5.41, 5.74) is 1.49. The van der Waals surface area contributed by atoms with E-state index in [0.29, 0.717) is 17.1 Å². The number of anilines is 3. The number of nitrogens with one attached hydrogen (secondary N) is 1. The molecule has 1 aliphatic rings. The van der Waals surface area contributed by atoms with Crippen molar-refractivity contribution in [3.8, 4) is 5.75 Å². The minimum atomic E-state index is -0.251. The molecule has 1 amide bonds. The maximum Gasteiger partial charge on any atom is 0.260 e. The van der Waals surface area contributed by atoms with Crippen LogP contribution in [-0.4, -0.2) is 54.1 Å². The molecule has 0 radical (unpaired) electrons. The minimum absolute atomic E-state index is 0.251. The molecule has 1 aliphatic heterocycles. The number of carbonyl (C=O) groups is 1. The number of piperazine rings is 1. The number of ether oxygens (including phenoxy) is 1. The fourth-order valence-corrected chi connectivity index (χ4v) is 3.28. The van der Waals surface area contributed by atoms with Crippen LogP contribution in [0.4, 0.5) is 17.5 Å². The molecule has 29 heavy (non-hydrogen) atoms. The van der Waals surface area contributed by atoms with Gasteiger partial charge in [-0.15, -0.1) is 0 Å². The Morgan fingerprint density at radius 1 is 0.931 bits per heavy atom. The van der Waals surface area contributed by atoms with Gasteiger partial charge in [-0.25, -0.2) is 15.0 Å². The summed E-state index contributed by atoms with van der Waals surface area (Å²) in [4.78, 5) is 29.9. The van der Waals surface area contributed by atoms with E-state index in [2.05, 4.69) is 30.1 Å². The Hall–Kier alpha value is -3.68. The van der Waals surface area contributed by atoms with Crippen LogP contribution in [0.25, 0.3) is 0 Å². The second kappa shape index (κ2) is 8.55. The Kier molecular flexibility index (Phi) is 5.51. The number of methoxy groups -OCH3 is 1. The third kappa shape index (κ3) is 4.26. The number of aromatic nitrogens is 3. The lowest BCUT2D eigenvalue weighted by atomic mass is 10.2. The summed E-state index contributed by atoms with van der Waals surface area (Å²) in [6.45, 7) is 3.40. The molecular weight excluding hydrogens is 368 g/mol. The Morgan fingerprint density at radius 2 is 1.66 bits per heavy atom. The molecule has 0 saturated carbocycles. The molecule has 3 heterocycles. The van der Waals surface area contributed by atoms with Gasteiger partial charge in [-0.2, -0.15) is 0 Å². The van der Waals surface area contributed by atoms with Crippen LogP contribution in [0, 0.1) is 0 Å². The van der Waals surface area contributed by atoms with Crippen molar-refractivity contribution in [3.63, 3.8) is 0 Å². The fraction of sp³-hybridized carbons (Fsp3) is 0.238. The highest BCUT2D eigenvalue weighted by Gasteiger charge is 2.19. The van der Waals surface area contributed by atoms with Crippen molar-refractivity contribution in [1.82, 2.24) is 15.0 Å². The number of hydrogen-bond donors (Lipinski definition) is 1. The van der Waals surface area contributed by atoms with Gasteiger partial charge in [0, 0.05) is 38.6 Å². The third-order valence-electron chi connectivity index (χ3n) is 4.82. The molecule has 0 aliphatic carbocycles. The maximum absolute atomic E-state index is 12.5. The lowest BCUT2D eigenvalue weighted by Crippen LogP contribution is -2.47. The minimum Gasteiger partial charge on any atom is -0.496 e. The molecule has 148 valence electrons. The van der Waals surface area contributed by atoms with Gasteiger partial charge in [0.15, 0.2) is 0 Å². The van der Waals surface area contributed by atoms with Crippen LogP contribution in [0.3, 0.4) is 0 Å². The van der Waals surface area contributed by atoms with Crippen molar-refractivity contribution in [2.24, 2.45) is 0 Å². The average molecular weight is 390 g/mol. The molecule has 1 aromatic carbocycles. The smallest absolute Gasteiger partial charge is 0.260 e. The van der Waals surface area contributed by atoms with Gasteiger partial charge in [0.2, 0.25) is 5.95 Å². The molecule has 0 bridgehead atoms. The van der Waals surface area contributed by atoms with E-state index in [4.69, 9.17) is 4.74 Å². The molecule has 0 atom stereocenters. The average Bonchev–Trinajstić information content (AvgIpc) is 2.80. The van der Waals surface area contributed by atoms with Gasteiger partial charge in [-0.05, 0) is 30.3 Å². The molecule has 1 N–H and O–H groups in total. The molecule has 8 nitrogen and oxygen atoms in total. The normalized spacial score (nSPS) is 13.8. The summed E-state index contributed by atoms with van der Waals surface area (Å²) >= 11 is 0. The first-order valence-electron chi connectivity index (χ1n) is 9.42. The zero-order valence-electron chi connectivity index (χ0n) is 16.2. The highest BCUT2D eigenvalue weighted by atomic mass is 16.5. The lowest BCUT2D eigenvalue weighted by Gasteiger charge is -2.35. The number of pyridine rings is 1. The number of nitrogens with zero attached hydrogens (tertiary/aromatic N) is 5. The molecule has 1 saturated heterocycles. The van der Waals surface area contributed by atoms with Crippen molar-refractivity contribution in [1.29, 1.82) is 0 Å². The van der Waals surface area contributed by atoms with E-state index in [1.165, 1.54) is 0 Å². The number of rotatable bonds is 5. The summed E-state index contributed by atoms with van der Waals surface area (Å²) in [5, 5.41) is 2.82. The van der Waals surface area contributed by atoms with Crippen molar-refractivity contribution in [2.75, 3.05) is 48.4 Å². The topological polar surface area (TPSA) is 83.5 Å². The molecule has 0 unspecified atom stereocenters. The van der Waals surface area contributed by atoms with Crippen LogP contribution < -0.4 is 19.9 Å². The Balaban J connectivity index is 1.37. The number of amides is 1. The number of para-hydroxylation sites is 1. The highest BCUT2D eigenvalue weighted by molar-refractivity contribution is 6.05. The molecule has 0 spiro atoms. The Labute approximate surface area is 169 Å². The first-order valence-corrected chi connectivity index (χ1v) is 9.42. The number of benzene rings is 1. The monoisotopic (exact) mass is 390 g/mol. The first-order chi connectivity index (χ1) is 14.2. The van der Waals surface area contributed by atoms with Crippen LogP contribution in [0.2, 0.25) is 0 Å². The second-order valence-electron chi connectivity index (χ2n) is 6.58. The summed E-state index contributed by atoms with van der Waals surface area (Å²) < 4.78 is 5.24. The molecule has 8 heteroatoms. The third-order valence-corrected chi connectivity index (χ3v) is 4.82. The predicted octanol–water partition coefficient (Wildman–Crippen LogP) is 2.46. The van der Waals surface area contributed by atoms with Gasteiger partial charge in [-0.1, -0.05) is 12.1 Å². The van der Waals surface area contributed by atoms with Crippen molar-refractivity contribution < 1.29 is 9.53 Å². The van der Waals surface area contributed by atoms with E-state index in [1.807, 2.05) is 24.3 Å². The summed E-state index contributed by atoms with van der Waals surface area (Å²) in [7, 11) is 1.54. The van der Waals surface area contributed by atoms with Crippen molar-refractivity contribution in [3.05, 3.63) is 66.6 Å². The number of carbonyl (C=O) groups excluding carboxylic acids is 1. The molecule has 3 aromatic rings. The van der Waals surface area contributed by atoms with E-state index in [-0.39, 0.29) is 5.91 Å². The van der Waals surface area contributed by atoms with Gasteiger partial charge in [0.1, 0.15) is 11.6 Å². The van der Waals surface area contributed by atoms with Gasteiger partial charge in [0.05, 0.1) is 24.6 Å². The van der Waals surface area contributed by atoms with Crippen LogP contribution in [-0.2, 0) is 0 Å². The van der Waals surface area contributed by atoms with Crippen LogP contribution in [0.15, 0.2) is 61.1 Å². The zero-order chi connectivity index (χ0) is 20.1. The fourth-order valence-electron chi connectivity index (χ4n) is 3.28. The van der Waals surface area contributed by atoms with Crippen LogP contribution in [0.5, 0.6) is 5.75 Å². The molecule has 1 fully saturated rings. The van der Waals surface area contributed by atoms with E-state index in [9.17, 15) is 4.79 Å². The van der Waals surface area contributed by atoms with Gasteiger partial charge >= 0.3 is 0 Å². The Bertz CT molecular complexity index is 956. The largest absolute Gasteiger partial charge is 0.496 e. The summed E-state index contributed by atoms with van der Waals surface area (Å²) in [6, 6.07) is 12.7. The highest BCUT2D eigenvalue weighted by Crippen LogP contribution is 2.21.